The molecule has 0 unspecified atom stereocenters. The third-order valence-corrected chi connectivity index (χ3v) is 5.30. The molecule has 0 aliphatic carbocycles. The van der Waals surface area contributed by atoms with Crippen LogP contribution in [-0.4, -0.2) is 15.3 Å². The summed E-state index contributed by atoms with van der Waals surface area (Å²) in [4.78, 5) is 2.52. The Balaban J connectivity index is 2.12. The molecular weight excluding hydrogens is 330 g/mol. The molecule has 0 saturated heterocycles. The van der Waals surface area contributed by atoms with Crippen molar-refractivity contribution in [2.45, 2.75) is 59.2 Å². The second kappa shape index (κ2) is 5.98. The van der Waals surface area contributed by atoms with Crippen LogP contribution in [0.3, 0.4) is 0 Å². The molecule has 1 aromatic heterocycles. The van der Waals surface area contributed by atoms with Crippen molar-refractivity contribution in [3.8, 4) is 22.4 Å². The Morgan fingerprint density at radius 2 is 1.37 bits per heavy atom. The predicted octanol–water partition coefficient (Wildman–Crippen LogP) is 6.09. The highest BCUT2D eigenvalue weighted by Gasteiger charge is 2.31. The Labute approximate surface area is 162 Å². The lowest BCUT2D eigenvalue weighted by molar-refractivity contribution is 0.360. The minimum atomic E-state index is -0.0958. The van der Waals surface area contributed by atoms with Crippen molar-refractivity contribution in [3.05, 3.63) is 60.3 Å². The molecule has 3 aromatic rings. The number of nitrogens with zero attached hydrogens (tertiary/aromatic N) is 3. The zero-order chi connectivity index (χ0) is 19.4. The molecule has 1 aliphatic heterocycles. The molecule has 3 heteroatoms. The van der Waals surface area contributed by atoms with Crippen LogP contribution in [0.25, 0.3) is 22.4 Å². The van der Waals surface area contributed by atoms with E-state index in [9.17, 15) is 0 Å². The molecule has 0 atom stereocenters. The van der Waals surface area contributed by atoms with E-state index in [1.165, 1.54) is 33.6 Å². The molecule has 0 spiro atoms. The fraction of sp³-hybridized carbons (Fsp3) is 0.375. The highest BCUT2D eigenvalue weighted by Crippen LogP contribution is 2.45. The number of hydrogen-bond acceptors (Lipinski definition) is 2. The molecule has 2 heterocycles. The summed E-state index contributed by atoms with van der Waals surface area (Å²) in [5, 5.41) is 4.84. The largest absolute Gasteiger partial charge is 0.362 e. The van der Waals surface area contributed by atoms with Crippen LogP contribution in [-0.2, 0) is 12.1 Å². The van der Waals surface area contributed by atoms with Crippen molar-refractivity contribution in [2.24, 2.45) is 0 Å². The lowest BCUT2D eigenvalue weighted by Crippen LogP contribution is -2.41. The van der Waals surface area contributed by atoms with E-state index < -0.39 is 0 Å². The number of para-hydroxylation sites is 1. The number of rotatable bonds is 0. The summed E-state index contributed by atoms with van der Waals surface area (Å²) in [5.41, 5.74) is 7.50. The van der Waals surface area contributed by atoms with E-state index >= 15 is 0 Å². The van der Waals surface area contributed by atoms with Crippen LogP contribution in [0.2, 0.25) is 0 Å². The fourth-order valence-electron chi connectivity index (χ4n) is 4.00. The molecule has 3 nitrogen and oxygen atoms in total. The van der Waals surface area contributed by atoms with Gasteiger partial charge in [-0.1, -0.05) is 42.5 Å². The number of benzene rings is 2. The van der Waals surface area contributed by atoms with Crippen molar-refractivity contribution in [2.75, 3.05) is 4.90 Å². The molecule has 0 N–H and O–H groups in total. The van der Waals surface area contributed by atoms with Crippen LogP contribution in [0.4, 0.5) is 5.69 Å². The molecule has 0 saturated carbocycles. The van der Waals surface area contributed by atoms with E-state index in [1.807, 2.05) is 6.20 Å². The summed E-state index contributed by atoms with van der Waals surface area (Å²) in [6, 6.07) is 17.5. The standard InChI is InChI=1S/C24H29N3/c1-23(2,3)26-16-17-11-7-8-12-18(17)20-15-25-27(24(4,5)6)22(20)19-13-9-10-14-21(19)26/h7-15H,16H2,1-6H3. The number of fused-ring (bicyclic) bond motifs is 5. The molecule has 2 aromatic carbocycles. The van der Waals surface area contributed by atoms with Crippen LogP contribution in [0.1, 0.15) is 47.1 Å². The van der Waals surface area contributed by atoms with Crippen LogP contribution >= 0.6 is 0 Å². The van der Waals surface area contributed by atoms with Crippen molar-refractivity contribution in [1.29, 1.82) is 0 Å². The van der Waals surface area contributed by atoms with E-state index in [0.29, 0.717) is 0 Å². The van der Waals surface area contributed by atoms with Crippen molar-refractivity contribution < 1.29 is 0 Å². The second-order valence-electron chi connectivity index (χ2n) is 9.42. The van der Waals surface area contributed by atoms with Crippen LogP contribution in [0.15, 0.2) is 54.7 Å². The first kappa shape index (κ1) is 17.8. The maximum Gasteiger partial charge on any atom is 0.0787 e. The maximum absolute atomic E-state index is 4.84. The number of aromatic nitrogens is 2. The minimum absolute atomic E-state index is 0.00724. The third-order valence-electron chi connectivity index (χ3n) is 5.30. The average molecular weight is 360 g/mol. The summed E-state index contributed by atoms with van der Waals surface area (Å²) >= 11 is 0. The Hall–Kier alpha value is -2.55. The molecule has 140 valence electrons. The van der Waals surface area contributed by atoms with Gasteiger partial charge in [-0.2, -0.15) is 5.10 Å². The van der Waals surface area contributed by atoms with Crippen molar-refractivity contribution in [3.63, 3.8) is 0 Å². The van der Waals surface area contributed by atoms with E-state index in [-0.39, 0.29) is 11.1 Å². The summed E-state index contributed by atoms with van der Waals surface area (Å²) in [6.07, 6.45) is 2.04. The predicted molar refractivity (Wildman–Crippen MR) is 114 cm³/mol. The number of hydrogen-bond donors (Lipinski definition) is 0. The smallest absolute Gasteiger partial charge is 0.0787 e. The molecule has 0 fully saturated rings. The molecule has 0 amide bonds. The second-order valence-corrected chi connectivity index (χ2v) is 9.42. The van der Waals surface area contributed by atoms with E-state index in [4.69, 9.17) is 5.10 Å². The Morgan fingerprint density at radius 3 is 2.04 bits per heavy atom. The van der Waals surface area contributed by atoms with Gasteiger partial charge in [-0.15, -0.1) is 0 Å². The zero-order valence-electron chi connectivity index (χ0n) is 17.2. The first-order chi connectivity index (χ1) is 12.7. The monoisotopic (exact) mass is 359 g/mol. The molecular formula is C24H29N3. The van der Waals surface area contributed by atoms with Gasteiger partial charge in [-0.3, -0.25) is 4.68 Å². The highest BCUT2D eigenvalue weighted by molar-refractivity contribution is 5.90. The normalized spacial score (nSPS) is 14.1. The Bertz CT molecular complexity index is 983. The van der Waals surface area contributed by atoms with Gasteiger partial charge in [-0.25, -0.2) is 0 Å². The SMILES string of the molecule is CC(C)(C)N1Cc2ccccc2-c2cnn(C(C)(C)C)c2-c2ccccc21. The van der Waals surface area contributed by atoms with E-state index in [1.54, 1.807) is 0 Å². The van der Waals surface area contributed by atoms with Gasteiger partial charge >= 0.3 is 0 Å². The van der Waals surface area contributed by atoms with Crippen LogP contribution < -0.4 is 4.90 Å². The quantitative estimate of drug-likeness (QED) is 0.484. The molecule has 1 aliphatic rings. The van der Waals surface area contributed by atoms with Gasteiger partial charge in [0.2, 0.25) is 0 Å². The fourth-order valence-corrected chi connectivity index (χ4v) is 4.00. The first-order valence-electron chi connectivity index (χ1n) is 9.72. The maximum atomic E-state index is 4.84. The van der Waals surface area contributed by atoms with Crippen LogP contribution in [0, 0.1) is 0 Å². The third kappa shape index (κ3) is 2.95. The number of anilines is 1. The van der Waals surface area contributed by atoms with Gasteiger partial charge in [0.25, 0.3) is 0 Å². The summed E-state index contributed by atoms with van der Waals surface area (Å²) in [5.74, 6) is 0. The Morgan fingerprint density at radius 1 is 0.741 bits per heavy atom. The lowest BCUT2D eigenvalue weighted by atomic mass is 9.90. The molecule has 0 bridgehead atoms. The lowest BCUT2D eigenvalue weighted by Gasteiger charge is -2.41. The Kier molecular flexibility index (Phi) is 3.95. The van der Waals surface area contributed by atoms with E-state index in [0.717, 1.165) is 6.54 Å². The van der Waals surface area contributed by atoms with Crippen molar-refractivity contribution in [1.82, 2.24) is 9.78 Å². The first-order valence-corrected chi connectivity index (χ1v) is 9.72. The van der Waals surface area contributed by atoms with Gasteiger partial charge in [0.15, 0.2) is 0 Å². The average Bonchev–Trinajstić information content (AvgIpc) is 3.02. The minimum Gasteiger partial charge on any atom is -0.362 e. The molecule has 27 heavy (non-hydrogen) atoms. The van der Waals surface area contributed by atoms with Gasteiger partial charge < -0.3 is 4.90 Å². The van der Waals surface area contributed by atoms with Gasteiger partial charge in [0, 0.05) is 28.9 Å². The molecule has 4 rings (SSSR count). The molecule has 0 radical (unpaired) electrons. The van der Waals surface area contributed by atoms with Gasteiger partial charge in [0.1, 0.15) is 0 Å². The summed E-state index contributed by atoms with van der Waals surface area (Å²) in [6.45, 7) is 14.4. The van der Waals surface area contributed by atoms with Gasteiger partial charge in [-0.05, 0) is 58.7 Å². The highest BCUT2D eigenvalue weighted by atomic mass is 15.3. The van der Waals surface area contributed by atoms with Gasteiger partial charge in [0.05, 0.1) is 17.4 Å². The summed E-state index contributed by atoms with van der Waals surface area (Å²) in [7, 11) is 0. The topological polar surface area (TPSA) is 21.1 Å². The van der Waals surface area contributed by atoms with E-state index in [2.05, 4.69) is 99.7 Å². The summed E-state index contributed by atoms with van der Waals surface area (Å²) < 4.78 is 2.18. The zero-order valence-corrected chi connectivity index (χ0v) is 17.2. The van der Waals surface area contributed by atoms with Crippen LogP contribution in [0.5, 0.6) is 0 Å². The van der Waals surface area contributed by atoms with Crippen molar-refractivity contribution >= 4 is 5.69 Å².